The van der Waals surface area contributed by atoms with E-state index in [9.17, 15) is 13.2 Å². The van der Waals surface area contributed by atoms with Crippen molar-refractivity contribution in [2.75, 3.05) is 11.9 Å². The topological polar surface area (TPSA) is 84.5 Å². The summed E-state index contributed by atoms with van der Waals surface area (Å²) in [6.07, 6.45) is 0. The van der Waals surface area contributed by atoms with Crippen molar-refractivity contribution in [1.82, 2.24) is 4.72 Å². The number of rotatable bonds is 7. The molecule has 2 N–H and O–H groups in total. The zero-order valence-electron chi connectivity index (χ0n) is 13.8. The van der Waals surface area contributed by atoms with Gasteiger partial charge in [0.15, 0.2) is 0 Å². The molecule has 0 heterocycles. The van der Waals surface area contributed by atoms with Gasteiger partial charge in [-0.15, -0.1) is 0 Å². The summed E-state index contributed by atoms with van der Waals surface area (Å²) in [6, 6.07) is 12.1. The van der Waals surface area contributed by atoms with Crippen LogP contribution < -0.4 is 14.8 Å². The average Bonchev–Trinajstić information content (AvgIpc) is 2.57. The van der Waals surface area contributed by atoms with Gasteiger partial charge in [-0.2, -0.15) is 4.72 Å². The number of hydrogen-bond donors (Lipinski definition) is 2. The second-order valence-corrected chi connectivity index (χ2v) is 7.87. The van der Waals surface area contributed by atoms with E-state index in [0.717, 1.165) is 4.47 Å². The lowest BCUT2D eigenvalue weighted by atomic mass is 10.2. The van der Waals surface area contributed by atoms with Crippen LogP contribution in [0.4, 0.5) is 5.69 Å². The van der Waals surface area contributed by atoms with E-state index in [0.29, 0.717) is 18.0 Å². The molecule has 0 saturated carbocycles. The number of amides is 1. The fraction of sp³-hybridized carbons (Fsp3) is 0.235. The summed E-state index contributed by atoms with van der Waals surface area (Å²) in [6.45, 7) is 3.93. The predicted molar refractivity (Wildman–Crippen MR) is 100 cm³/mol. The molecular weight excluding hydrogens is 408 g/mol. The largest absolute Gasteiger partial charge is 0.494 e. The molecule has 0 fully saturated rings. The maximum Gasteiger partial charge on any atom is 0.242 e. The van der Waals surface area contributed by atoms with Gasteiger partial charge in [0.05, 0.1) is 17.5 Å². The van der Waals surface area contributed by atoms with Gasteiger partial charge < -0.3 is 10.1 Å². The monoisotopic (exact) mass is 426 g/mol. The van der Waals surface area contributed by atoms with Crippen LogP contribution in [0.25, 0.3) is 0 Å². The molecule has 2 rings (SSSR count). The summed E-state index contributed by atoms with van der Waals surface area (Å²) in [5.74, 6) is 0.245. The molecule has 0 bridgehead atoms. The van der Waals surface area contributed by atoms with Crippen molar-refractivity contribution in [3.63, 3.8) is 0 Å². The molecule has 0 aliphatic carbocycles. The molecule has 2 aromatic carbocycles. The molecule has 0 aliphatic rings. The number of ether oxygens (including phenoxy) is 1. The third-order valence-corrected chi connectivity index (χ3v) is 5.37. The van der Waals surface area contributed by atoms with Crippen LogP contribution in [0.5, 0.6) is 5.75 Å². The third-order valence-electron chi connectivity index (χ3n) is 3.28. The Balaban J connectivity index is 2.00. The molecule has 1 unspecified atom stereocenters. The van der Waals surface area contributed by atoms with E-state index in [1.165, 1.54) is 19.1 Å². The SMILES string of the molecule is CCOc1ccc(NC(=O)C(C)NS(=O)(=O)c2ccc(Br)cc2)cc1. The predicted octanol–water partition coefficient (Wildman–Crippen LogP) is 3.15. The van der Waals surface area contributed by atoms with Gasteiger partial charge in [0.25, 0.3) is 0 Å². The third kappa shape index (κ3) is 5.55. The van der Waals surface area contributed by atoms with Crippen LogP contribution in [0.3, 0.4) is 0 Å². The van der Waals surface area contributed by atoms with Crippen LogP contribution in [0.1, 0.15) is 13.8 Å². The average molecular weight is 427 g/mol. The van der Waals surface area contributed by atoms with Gasteiger partial charge in [-0.05, 0) is 62.4 Å². The van der Waals surface area contributed by atoms with Crippen molar-refractivity contribution in [2.45, 2.75) is 24.8 Å². The van der Waals surface area contributed by atoms with E-state index in [4.69, 9.17) is 4.74 Å². The molecule has 0 aromatic heterocycles. The van der Waals surface area contributed by atoms with Crippen molar-refractivity contribution in [2.24, 2.45) is 0 Å². The molecular formula is C17H19BrN2O4S. The highest BCUT2D eigenvalue weighted by Crippen LogP contribution is 2.17. The lowest BCUT2D eigenvalue weighted by Gasteiger charge is -2.15. The summed E-state index contributed by atoms with van der Waals surface area (Å²) in [4.78, 5) is 12.3. The number of carbonyl (C=O) groups is 1. The maximum absolute atomic E-state index is 12.3. The van der Waals surface area contributed by atoms with Gasteiger partial charge in [0.2, 0.25) is 15.9 Å². The lowest BCUT2D eigenvalue weighted by molar-refractivity contribution is -0.117. The highest BCUT2D eigenvalue weighted by atomic mass is 79.9. The minimum absolute atomic E-state index is 0.0939. The Hall–Kier alpha value is -1.90. The van der Waals surface area contributed by atoms with E-state index < -0.39 is 22.0 Å². The molecule has 1 atom stereocenters. The van der Waals surface area contributed by atoms with E-state index in [-0.39, 0.29) is 4.90 Å². The summed E-state index contributed by atoms with van der Waals surface area (Å²) < 4.78 is 33.1. The number of carbonyl (C=O) groups excluding carboxylic acids is 1. The molecule has 8 heteroatoms. The van der Waals surface area contributed by atoms with Gasteiger partial charge >= 0.3 is 0 Å². The molecule has 0 aliphatic heterocycles. The standard InChI is InChI=1S/C17H19BrN2O4S/c1-3-24-15-8-6-14(7-9-15)19-17(21)12(2)20-25(22,23)16-10-4-13(18)5-11-16/h4-12,20H,3H2,1-2H3,(H,19,21). The molecule has 2 aromatic rings. The Labute approximate surface area is 155 Å². The van der Waals surface area contributed by atoms with E-state index in [1.807, 2.05) is 6.92 Å². The molecule has 0 radical (unpaired) electrons. The highest BCUT2D eigenvalue weighted by Gasteiger charge is 2.22. The second-order valence-electron chi connectivity index (χ2n) is 5.24. The van der Waals surface area contributed by atoms with Crippen LogP contribution in [0.2, 0.25) is 0 Å². The Morgan fingerprint density at radius 1 is 1.12 bits per heavy atom. The quantitative estimate of drug-likeness (QED) is 0.711. The molecule has 134 valence electrons. The number of sulfonamides is 1. The number of halogens is 1. The number of nitrogens with one attached hydrogen (secondary N) is 2. The summed E-state index contributed by atoms with van der Waals surface area (Å²) in [5, 5.41) is 2.67. The van der Waals surface area contributed by atoms with Crippen molar-refractivity contribution in [3.05, 3.63) is 53.0 Å². The Kier molecular flexibility index (Phi) is 6.57. The van der Waals surface area contributed by atoms with E-state index in [2.05, 4.69) is 26.0 Å². The Bertz CT molecular complexity index is 821. The molecule has 6 nitrogen and oxygen atoms in total. The normalized spacial score (nSPS) is 12.4. The Morgan fingerprint density at radius 2 is 1.72 bits per heavy atom. The second kappa shape index (κ2) is 8.46. The van der Waals surface area contributed by atoms with Crippen LogP contribution in [0.15, 0.2) is 57.9 Å². The smallest absolute Gasteiger partial charge is 0.242 e. The zero-order chi connectivity index (χ0) is 18.4. The maximum atomic E-state index is 12.3. The van der Waals surface area contributed by atoms with Gasteiger partial charge in [-0.25, -0.2) is 8.42 Å². The van der Waals surface area contributed by atoms with Gasteiger partial charge in [-0.3, -0.25) is 4.79 Å². The summed E-state index contributed by atoms with van der Waals surface area (Å²) >= 11 is 3.25. The fourth-order valence-electron chi connectivity index (χ4n) is 2.02. The zero-order valence-corrected chi connectivity index (χ0v) is 16.2. The van der Waals surface area contributed by atoms with Crippen molar-refractivity contribution >= 4 is 37.5 Å². The van der Waals surface area contributed by atoms with Gasteiger partial charge in [-0.1, -0.05) is 15.9 Å². The molecule has 25 heavy (non-hydrogen) atoms. The summed E-state index contributed by atoms with van der Waals surface area (Å²) in [7, 11) is -3.78. The highest BCUT2D eigenvalue weighted by molar-refractivity contribution is 9.10. The van der Waals surface area contributed by atoms with Crippen LogP contribution in [-0.4, -0.2) is 27.0 Å². The van der Waals surface area contributed by atoms with Gasteiger partial charge in [0, 0.05) is 10.2 Å². The van der Waals surface area contributed by atoms with Crippen molar-refractivity contribution < 1.29 is 17.9 Å². The fourth-order valence-corrected chi connectivity index (χ4v) is 3.49. The van der Waals surface area contributed by atoms with Gasteiger partial charge in [0.1, 0.15) is 5.75 Å². The first kappa shape index (κ1) is 19.4. The first-order chi connectivity index (χ1) is 11.8. The Morgan fingerprint density at radius 3 is 2.28 bits per heavy atom. The summed E-state index contributed by atoms with van der Waals surface area (Å²) in [5.41, 5.74) is 0.558. The van der Waals surface area contributed by atoms with Crippen LogP contribution in [-0.2, 0) is 14.8 Å². The lowest BCUT2D eigenvalue weighted by Crippen LogP contribution is -2.41. The number of hydrogen-bond acceptors (Lipinski definition) is 4. The first-order valence-electron chi connectivity index (χ1n) is 7.63. The molecule has 0 spiro atoms. The number of anilines is 1. The molecule has 1 amide bonds. The minimum atomic E-state index is -3.78. The van der Waals surface area contributed by atoms with E-state index in [1.54, 1.807) is 36.4 Å². The minimum Gasteiger partial charge on any atom is -0.494 e. The first-order valence-corrected chi connectivity index (χ1v) is 9.91. The van der Waals surface area contributed by atoms with E-state index >= 15 is 0 Å². The van der Waals surface area contributed by atoms with Crippen molar-refractivity contribution in [1.29, 1.82) is 0 Å². The molecule has 0 saturated heterocycles. The van der Waals surface area contributed by atoms with Crippen LogP contribution >= 0.6 is 15.9 Å². The van der Waals surface area contributed by atoms with Crippen molar-refractivity contribution in [3.8, 4) is 5.75 Å². The van der Waals surface area contributed by atoms with Crippen LogP contribution in [0, 0.1) is 0 Å². The number of benzene rings is 2.